The summed E-state index contributed by atoms with van der Waals surface area (Å²) < 4.78 is 16.4. The molecule has 4 heteroatoms. The Labute approximate surface area is 40.5 Å². The molecule has 0 atom stereocenters. The van der Waals surface area contributed by atoms with Crippen molar-refractivity contribution in [2.75, 3.05) is 0 Å². The van der Waals surface area contributed by atoms with E-state index in [0.29, 0.717) is 16.2 Å². The minimum absolute atomic E-state index is 0.611. The van der Waals surface area contributed by atoms with Gasteiger partial charge in [-0.25, -0.2) is 0 Å². The Morgan fingerprint density at radius 1 is 1.25 bits per heavy atom. The maximum atomic E-state index is 8.28. The van der Waals surface area contributed by atoms with Crippen LogP contribution in [0.4, 0.5) is 0 Å². The zero-order chi connectivity index (χ0) is 4.00. The van der Waals surface area contributed by atoms with Gasteiger partial charge in [0.1, 0.15) is 0 Å². The fourth-order valence-electron chi connectivity index (χ4n) is 0. The molecule has 0 aromatic rings. The molecule has 0 N–H and O–H groups in total. The average Bonchev–Trinajstić information content (AvgIpc) is 1.50. The molecular formula is HAlCrO2. The van der Waals surface area contributed by atoms with E-state index in [4.69, 9.17) is 7.61 Å². The van der Waals surface area contributed by atoms with Gasteiger partial charge in [-0.15, -0.1) is 0 Å². The van der Waals surface area contributed by atoms with Gasteiger partial charge in [-0.3, -0.25) is 0 Å². The molecule has 0 aliphatic rings. The quantitative estimate of drug-likeness (QED) is 0.381. The van der Waals surface area contributed by atoms with E-state index in [1.807, 2.05) is 0 Å². The fraction of sp³-hybridized carbons (Fsp3) is 0. The SMILES string of the molecule is [O]=[AlH].[O]=[Cr]. The van der Waals surface area contributed by atoms with E-state index in [1.54, 1.807) is 0 Å². The van der Waals surface area contributed by atoms with Gasteiger partial charge in [0.05, 0.1) is 0 Å². The molecule has 0 amide bonds. The maximum absolute atomic E-state index is 8.28. The molecule has 0 radical (unpaired) electrons. The van der Waals surface area contributed by atoms with E-state index in [1.165, 1.54) is 16.2 Å². The van der Waals surface area contributed by atoms with Crippen molar-refractivity contribution in [3.8, 4) is 0 Å². The van der Waals surface area contributed by atoms with E-state index < -0.39 is 0 Å². The van der Waals surface area contributed by atoms with E-state index in [-0.39, 0.29) is 0 Å². The first-order valence-electron chi connectivity index (χ1n) is 0.455. The van der Waals surface area contributed by atoms with Gasteiger partial charge in [-0.05, 0) is 0 Å². The zero-order valence-electron chi connectivity index (χ0n) is 1.93. The Bertz CT molecular complexity index is 8.00. The van der Waals surface area contributed by atoms with Crippen LogP contribution in [0.3, 0.4) is 0 Å². The van der Waals surface area contributed by atoms with Crippen molar-refractivity contribution in [3.05, 3.63) is 0 Å². The van der Waals surface area contributed by atoms with E-state index in [2.05, 4.69) is 0 Å². The summed E-state index contributed by atoms with van der Waals surface area (Å²) in [6, 6.07) is 0. The second-order valence-corrected chi connectivity index (χ2v) is 0. The second-order valence-electron chi connectivity index (χ2n) is 0. The Hall–Kier alpha value is 0.665. The second kappa shape index (κ2) is 58.9. The summed E-state index contributed by atoms with van der Waals surface area (Å²) in [5.74, 6) is 0. The molecule has 0 fully saturated rings. The number of hydrogen-bond acceptors (Lipinski definition) is 2. The summed E-state index contributed by atoms with van der Waals surface area (Å²) in [6.07, 6.45) is 0. The van der Waals surface area contributed by atoms with Crippen molar-refractivity contribution in [1.29, 1.82) is 0 Å². The van der Waals surface area contributed by atoms with Crippen LogP contribution in [0, 0.1) is 0 Å². The van der Waals surface area contributed by atoms with E-state index in [0.717, 1.165) is 0 Å². The third-order valence-electron chi connectivity index (χ3n) is 0. The van der Waals surface area contributed by atoms with Crippen molar-refractivity contribution < 1.29 is 23.8 Å². The average molecular weight is 112 g/mol. The number of hydrogen-bond donors (Lipinski definition) is 0. The fourth-order valence-corrected chi connectivity index (χ4v) is 0. The molecule has 0 aromatic carbocycles. The monoisotopic (exact) mass is 112 g/mol. The van der Waals surface area contributed by atoms with Gasteiger partial charge in [0, 0.05) is 0 Å². The van der Waals surface area contributed by atoms with Crippen LogP contribution in [0.2, 0.25) is 0 Å². The molecule has 0 saturated heterocycles. The first-order valence-corrected chi connectivity index (χ1v) is 1.55. The van der Waals surface area contributed by atoms with Gasteiger partial charge in [0.25, 0.3) is 0 Å². The summed E-state index contributed by atoms with van der Waals surface area (Å²) >= 11 is 1.99. The van der Waals surface area contributed by atoms with Gasteiger partial charge in [-0.2, -0.15) is 0 Å². The summed E-state index contributed by atoms with van der Waals surface area (Å²) in [7, 11) is 0. The van der Waals surface area contributed by atoms with Crippen molar-refractivity contribution in [1.82, 2.24) is 0 Å². The van der Waals surface area contributed by atoms with Crippen molar-refractivity contribution in [2.24, 2.45) is 0 Å². The van der Waals surface area contributed by atoms with Gasteiger partial charge in [0.15, 0.2) is 0 Å². The topological polar surface area (TPSA) is 34.1 Å². The molecule has 4 heavy (non-hydrogen) atoms. The predicted octanol–water partition coefficient (Wildman–Crippen LogP) is -0.889. The first kappa shape index (κ1) is 8.82. The molecule has 0 saturated carbocycles. The van der Waals surface area contributed by atoms with E-state index >= 15 is 0 Å². The standard InChI is InChI=1S/Al.Cr.2O.H. The molecule has 0 aliphatic heterocycles. The zero-order valence-corrected chi connectivity index (χ0v) is 4.62. The first-order chi connectivity index (χ1) is 2.00. The molecule has 0 aromatic heterocycles. The van der Waals surface area contributed by atoms with Crippen LogP contribution >= 0.6 is 0 Å². The molecule has 0 unspecified atom stereocenters. The van der Waals surface area contributed by atoms with Crippen LogP contribution in [0.15, 0.2) is 0 Å². The van der Waals surface area contributed by atoms with Gasteiger partial charge in [0.2, 0.25) is 0 Å². The molecule has 0 heterocycles. The molecule has 22 valence electrons. The molecular weight excluding hydrogens is 111 g/mol. The van der Waals surface area contributed by atoms with Crippen LogP contribution in [-0.4, -0.2) is 16.2 Å². The van der Waals surface area contributed by atoms with Crippen LogP contribution in [0.1, 0.15) is 0 Å². The Morgan fingerprint density at radius 2 is 1.25 bits per heavy atom. The van der Waals surface area contributed by atoms with Crippen molar-refractivity contribution >= 4 is 16.2 Å². The predicted molar refractivity (Wildman–Crippen MR) is 8.52 cm³/mol. The van der Waals surface area contributed by atoms with E-state index in [9.17, 15) is 0 Å². The van der Waals surface area contributed by atoms with Crippen molar-refractivity contribution in [2.45, 2.75) is 0 Å². The summed E-state index contributed by atoms with van der Waals surface area (Å²) in [6.45, 7) is 0. The normalized spacial score (nSPS) is 1.75. The third-order valence-corrected chi connectivity index (χ3v) is 0. The van der Waals surface area contributed by atoms with Crippen molar-refractivity contribution in [3.63, 3.8) is 0 Å². The van der Waals surface area contributed by atoms with Gasteiger partial charge < -0.3 is 0 Å². The van der Waals surface area contributed by atoms with Crippen LogP contribution in [-0.2, 0) is 23.8 Å². The summed E-state index contributed by atoms with van der Waals surface area (Å²) in [5.41, 5.74) is 0. The van der Waals surface area contributed by atoms with Gasteiger partial charge >= 0.3 is 40.1 Å². The van der Waals surface area contributed by atoms with Crippen LogP contribution in [0.5, 0.6) is 0 Å². The molecule has 0 bridgehead atoms. The van der Waals surface area contributed by atoms with Crippen LogP contribution < -0.4 is 0 Å². The molecule has 0 aliphatic carbocycles. The minimum atomic E-state index is 0.611. The Balaban J connectivity index is 0. The Morgan fingerprint density at radius 3 is 1.25 bits per heavy atom. The van der Waals surface area contributed by atoms with Crippen LogP contribution in [0.25, 0.3) is 0 Å². The number of rotatable bonds is 0. The third kappa shape index (κ3) is 16.7. The molecule has 2 nitrogen and oxygen atoms in total. The Kier molecular flexibility index (Phi) is 130. The summed E-state index contributed by atoms with van der Waals surface area (Å²) in [5, 5.41) is 0. The molecule has 0 rings (SSSR count). The molecule has 0 spiro atoms. The summed E-state index contributed by atoms with van der Waals surface area (Å²) in [4.78, 5) is 0. The van der Waals surface area contributed by atoms with Gasteiger partial charge in [-0.1, -0.05) is 0 Å².